The summed E-state index contributed by atoms with van der Waals surface area (Å²) in [5.41, 5.74) is 4.25. The monoisotopic (exact) mass is 467 g/mol. The lowest BCUT2D eigenvalue weighted by Crippen LogP contribution is -2.39. The third kappa shape index (κ3) is 6.13. The third-order valence-corrected chi connectivity index (χ3v) is 7.09. The second-order valence-corrected chi connectivity index (χ2v) is 10.2. The van der Waals surface area contributed by atoms with E-state index in [2.05, 4.69) is 10.5 Å². The van der Waals surface area contributed by atoms with Gasteiger partial charge in [-0.3, -0.25) is 9.10 Å². The number of hydrogen-bond acceptors (Lipinski definition) is 6. The summed E-state index contributed by atoms with van der Waals surface area (Å²) in [6.45, 7) is 1.39. The Morgan fingerprint density at radius 3 is 2.57 bits per heavy atom. The van der Waals surface area contributed by atoms with Crippen LogP contribution in [0.5, 0.6) is 5.75 Å². The molecule has 2 aromatic carbocycles. The smallest absolute Gasteiger partial charge is 0.260 e. The van der Waals surface area contributed by atoms with Crippen LogP contribution in [0.25, 0.3) is 0 Å². The van der Waals surface area contributed by atoms with E-state index in [1.165, 1.54) is 12.3 Å². The molecule has 1 amide bonds. The number of thioether (sulfide) groups is 1. The molecule has 0 radical (unpaired) electrons. The summed E-state index contributed by atoms with van der Waals surface area (Å²) in [5, 5.41) is 4.32. The van der Waals surface area contributed by atoms with Crippen molar-refractivity contribution < 1.29 is 17.9 Å². The first-order valence-corrected chi connectivity index (χ1v) is 12.5. The maximum atomic E-state index is 12.2. The van der Waals surface area contributed by atoms with Crippen molar-refractivity contribution >= 4 is 51.2 Å². The Hall–Kier alpha value is -2.23. The van der Waals surface area contributed by atoms with Crippen molar-refractivity contribution in [3.63, 3.8) is 0 Å². The summed E-state index contributed by atoms with van der Waals surface area (Å²) >= 11 is 7.94. The number of nitrogens with zero attached hydrogens (tertiary/aromatic N) is 2. The van der Waals surface area contributed by atoms with Crippen LogP contribution in [0.4, 0.5) is 5.69 Å². The zero-order valence-corrected chi connectivity index (χ0v) is 18.9. The summed E-state index contributed by atoms with van der Waals surface area (Å²) in [6.07, 6.45) is 2.78. The highest BCUT2D eigenvalue weighted by atomic mass is 35.5. The molecule has 7 nitrogen and oxygen atoms in total. The van der Waals surface area contributed by atoms with Crippen LogP contribution in [0, 0.1) is 6.92 Å². The molecule has 0 aromatic heterocycles. The Labute approximate surface area is 185 Å². The lowest BCUT2D eigenvalue weighted by molar-refractivity contribution is -0.119. The van der Waals surface area contributed by atoms with Gasteiger partial charge in [0.2, 0.25) is 10.0 Å². The molecule has 3 rings (SSSR count). The molecular weight excluding hydrogens is 446 g/mol. The van der Waals surface area contributed by atoms with Crippen molar-refractivity contribution in [3.8, 4) is 5.75 Å². The molecule has 0 saturated carbocycles. The fraction of sp³-hybridized carbons (Fsp3) is 0.300. The molecule has 1 fully saturated rings. The Kier molecular flexibility index (Phi) is 7.27. The van der Waals surface area contributed by atoms with Crippen LogP contribution in [0.3, 0.4) is 0 Å². The first kappa shape index (κ1) is 22.5. The predicted octanol–water partition coefficient (Wildman–Crippen LogP) is 3.06. The molecule has 1 N–H and O–H groups in total. The highest BCUT2D eigenvalue weighted by Crippen LogP contribution is 2.25. The fourth-order valence-corrected chi connectivity index (χ4v) is 4.18. The van der Waals surface area contributed by atoms with Crippen LogP contribution < -0.4 is 14.5 Å². The molecule has 1 heterocycles. The number of rotatable bonds is 8. The van der Waals surface area contributed by atoms with Gasteiger partial charge >= 0.3 is 0 Å². The van der Waals surface area contributed by atoms with Crippen molar-refractivity contribution in [3.05, 3.63) is 58.6 Å². The van der Waals surface area contributed by atoms with Crippen LogP contribution in [0.15, 0.2) is 47.6 Å². The Morgan fingerprint density at radius 2 is 2.00 bits per heavy atom. The molecule has 0 bridgehead atoms. The Balaban J connectivity index is 1.59. The fourth-order valence-electron chi connectivity index (χ4n) is 2.59. The molecule has 10 heteroatoms. The maximum Gasteiger partial charge on any atom is 0.260 e. The second-order valence-electron chi connectivity index (χ2n) is 6.84. The Bertz CT molecular complexity index is 1040. The average molecular weight is 468 g/mol. The van der Waals surface area contributed by atoms with Crippen molar-refractivity contribution in [1.29, 1.82) is 0 Å². The van der Waals surface area contributed by atoms with Gasteiger partial charge in [0.25, 0.3) is 5.91 Å². The molecule has 1 saturated heterocycles. The number of sulfonamides is 1. The number of nitrogens with one attached hydrogen (secondary N) is 1. The van der Waals surface area contributed by atoms with Crippen LogP contribution in [-0.4, -0.2) is 50.9 Å². The van der Waals surface area contributed by atoms with E-state index >= 15 is 0 Å². The molecule has 0 atom stereocenters. The van der Waals surface area contributed by atoms with Gasteiger partial charge in [-0.2, -0.15) is 16.9 Å². The van der Waals surface area contributed by atoms with E-state index in [0.717, 1.165) is 38.9 Å². The summed E-state index contributed by atoms with van der Waals surface area (Å²) in [4.78, 5) is 12.2. The van der Waals surface area contributed by atoms with Crippen LogP contribution in [-0.2, 0) is 14.8 Å². The number of carbonyl (C=O) groups excluding carboxylic acids is 1. The first-order chi connectivity index (χ1) is 14.2. The van der Waals surface area contributed by atoms with Gasteiger partial charge in [-0.15, -0.1) is 0 Å². The van der Waals surface area contributed by atoms with Gasteiger partial charge in [-0.1, -0.05) is 17.7 Å². The van der Waals surface area contributed by atoms with E-state index in [4.69, 9.17) is 16.3 Å². The number of hydrogen-bond donors (Lipinski definition) is 1. The van der Waals surface area contributed by atoms with Gasteiger partial charge in [-0.05, 0) is 54.4 Å². The standard InChI is InChI=1S/C20H22ClN3O4S2/c1-14-3-6-16(9-19(14)21)24(30(2,26)27)11-20(25)23-22-10-15-4-7-17(8-5-15)28-18-12-29-13-18/h3-10,18H,11-13H2,1-2H3,(H,23,25)/b22-10-. The van der Waals surface area contributed by atoms with Gasteiger partial charge in [0.1, 0.15) is 18.4 Å². The van der Waals surface area contributed by atoms with E-state index in [9.17, 15) is 13.2 Å². The third-order valence-electron chi connectivity index (χ3n) is 4.32. The summed E-state index contributed by atoms with van der Waals surface area (Å²) in [7, 11) is -3.69. The van der Waals surface area contributed by atoms with Crippen LogP contribution in [0.2, 0.25) is 5.02 Å². The van der Waals surface area contributed by atoms with Crippen molar-refractivity contribution in [2.45, 2.75) is 13.0 Å². The maximum absolute atomic E-state index is 12.2. The van der Waals surface area contributed by atoms with Crippen molar-refractivity contribution in [2.24, 2.45) is 5.10 Å². The molecular formula is C20H22ClN3O4S2. The number of hydrazone groups is 1. The lowest BCUT2D eigenvalue weighted by atomic mass is 10.2. The van der Waals surface area contributed by atoms with Gasteiger partial charge in [0.15, 0.2) is 0 Å². The van der Waals surface area contributed by atoms with Gasteiger partial charge < -0.3 is 4.74 Å². The van der Waals surface area contributed by atoms with Gasteiger partial charge in [0.05, 0.1) is 18.2 Å². The first-order valence-electron chi connectivity index (χ1n) is 9.12. The second kappa shape index (κ2) is 9.72. The number of amides is 1. The van der Waals surface area contributed by atoms with E-state index < -0.39 is 22.5 Å². The number of aryl methyl sites for hydroxylation is 1. The molecule has 1 aliphatic rings. The quantitative estimate of drug-likeness (QED) is 0.476. The number of carbonyl (C=O) groups is 1. The molecule has 30 heavy (non-hydrogen) atoms. The van der Waals surface area contributed by atoms with E-state index in [1.54, 1.807) is 12.1 Å². The SMILES string of the molecule is Cc1ccc(N(CC(=O)N/N=C\c2ccc(OC3CSC3)cc2)S(C)(=O)=O)cc1Cl. The average Bonchev–Trinajstić information content (AvgIpc) is 2.65. The number of ether oxygens (including phenoxy) is 1. The molecule has 2 aromatic rings. The summed E-state index contributed by atoms with van der Waals surface area (Å²) in [6, 6.07) is 12.2. The molecule has 1 aliphatic heterocycles. The van der Waals surface area contributed by atoms with E-state index in [-0.39, 0.29) is 6.10 Å². The zero-order chi connectivity index (χ0) is 21.7. The molecule has 0 unspecified atom stereocenters. The van der Waals surface area contributed by atoms with Gasteiger partial charge in [0, 0.05) is 16.5 Å². The highest BCUT2D eigenvalue weighted by molar-refractivity contribution is 8.00. The molecule has 0 aliphatic carbocycles. The molecule has 160 valence electrons. The minimum absolute atomic E-state index is 0.273. The summed E-state index contributed by atoms with van der Waals surface area (Å²) < 4.78 is 31.0. The van der Waals surface area contributed by atoms with Crippen molar-refractivity contribution in [1.82, 2.24) is 5.43 Å². The van der Waals surface area contributed by atoms with Crippen molar-refractivity contribution in [2.75, 3.05) is 28.6 Å². The highest BCUT2D eigenvalue weighted by Gasteiger charge is 2.21. The zero-order valence-electron chi connectivity index (χ0n) is 16.5. The van der Waals surface area contributed by atoms with E-state index in [1.807, 2.05) is 43.0 Å². The Morgan fingerprint density at radius 1 is 1.30 bits per heavy atom. The van der Waals surface area contributed by atoms with Gasteiger partial charge in [-0.25, -0.2) is 13.8 Å². The van der Waals surface area contributed by atoms with E-state index in [0.29, 0.717) is 10.7 Å². The molecule has 0 spiro atoms. The van der Waals surface area contributed by atoms with Crippen LogP contribution >= 0.6 is 23.4 Å². The number of halogens is 1. The van der Waals surface area contributed by atoms with Crippen LogP contribution in [0.1, 0.15) is 11.1 Å². The lowest BCUT2D eigenvalue weighted by Gasteiger charge is -2.25. The largest absolute Gasteiger partial charge is 0.489 e. The summed E-state index contributed by atoms with van der Waals surface area (Å²) in [5.74, 6) is 2.24. The minimum Gasteiger partial charge on any atom is -0.489 e. The number of anilines is 1. The number of benzene rings is 2. The topological polar surface area (TPSA) is 88.1 Å². The normalized spacial score (nSPS) is 14.4. The minimum atomic E-state index is -3.69. The predicted molar refractivity (Wildman–Crippen MR) is 122 cm³/mol.